The van der Waals surface area contributed by atoms with E-state index in [-0.39, 0.29) is 23.5 Å². The van der Waals surface area contributed by atoms with E-state index in [1.807, 2.05) is 22.1 Å². The van der Waals surface area contributed by atoms with Gasteiger partial charge in [-0.3, -0.25) is 14.6 Å². The fraction of sp³-hybridized carbons (Fsp3) is 0.548. The molecular formula is C31H36Br2ClN3O3. The lowest BCUT2D eigenvalue weighted by atomic mass is 9.76. The highest BCUT2D eigenvalue weighted by molar-refractivity contribution is 9.10. The van der Waals surface area contributed by atoms with Crippen molar-refractivity contribution in [1.29, 1.82) is 0 Å². The van der Waals surface area contributed by atoms with Crippen LogP contribution in [0.25, 0.3) is 0 Å². The molecule has 1 aliphatic carbocycles. The van der Waals surface area contributed by atoms with Gasteiger partial charge in [-0.15, -0.1) is 0 Å². The lowest BCUT2D eigenvalue weighted by Gasteiger charge is -2.38. The number of fused-ring (bicyclic) bond motifs is 2. The molecule has 2 aliphatic heterocycles. The molecule has 2 fully saturated rings. The van der Waals surface area contributed by atoms with Gasteiger partial charge in [0.25, 0.3) is 0 Å². The SMILES string of the molecule is CC(=O)CCC(=O)N1CCC(CC(=O)N2CCC(C3c4ncc(Br)cc4CCc4cc(Cl)cc(Br)c43)CC2)CC1. The van der Waals surface area contributed by atoms with Gasteiger partial charge in [-0.2, -0.15) is 0 Å². The van der Waals surface area contributed by atoms with Gasteiger partial charge in [0.2, 0.25) is 11.8 Å². The van der Waals surface area contributed by atoms with Gasteiger partial charge in [0.15, 0.2) is 0 Å². The molecule has 9 heteroatoms. The normalized spacial score (nSPS) is 20.1. The number of aromatic nitrogens is 1. The Morgan fingerprint density at radius 3 is 2.25 bits per heavy atom. The largest absolute Gasteiger partial charge is 0.343 e. The molecule has 3 heterocycles. The third kappa shape index (κ3) is 6.81. The number of nitrogens with zero attached hydrogens (tertiary/aromatic N) is 3. The number of piperidine rings is 2. The van der Waals surface area contributed by atoms with Crippen molar-refractivity contribution in [3.05, 3.63) is 60.7 Å². The third-order valence-electron chi connectivity index (χ3n) is 8.90. The fourth-order valence-electron chi connectivity index (χ4n) is 6.72. The summed E-state index contributed by atoms with van der Waals surface area (Å²) < 4.78 is 2.04. The van der Waals surface area contributed by atoms with Crippen molar-refractivity contribution >= 4 is 61.1 Å². The van der Waals surface area contributed by atoms with Gasteiger partial charge < -0.3 is 14.6 Å². The number of ketones is 1. The van der Waals surface area contributed by atoms with Crippen LogP contribution in [0.3, 0.4) is 0 Å². The van der Waals surface area contributed by atoms with Crippen LogP contribution < -0.4 is 0 Å². The quantitative estimate of drug-likeness (QED) is 0.337. The minimum atomic E-state index is 0.0476. The standard InChI is InChI=1S/C31H36Br2ClN3O3/c1-19(38)2-5-27(39)36-10-6-20(7-11-36)14-28(40)37-12-8-21(9-13-37)30-29-22(16-25(34)17-26(29)33)3-4-23-15-24(32)18-35-31(23)30/h15-18,20-21,30H,2-14H2,1H3. The molecule has 40 heavy (non-hydrogen) atoms. The summed E-state index contributed by atoms with van der Waals surface area (Å²) in [5, 5.41) is 0.746. The Kier molecular flexibility index (Phi) is 9.68. The topological polar surface area (TPSA) is 70.6 Å². The molecule has 0 radical (unpaired) electrons. The first-order valence-corrected chi connectivity index (χ1v) is 16.3. The number of halogens is 3. The molecule has 0 N–H and O–H groups in total. The van der Waals surface area contributed by atoms with Crippen LogP contribution >= 0.6 is 43.5 Å². The van der Waals surface area contributed by atoms with Crippen LogP contribution in [0.2, 0.25) is 5.02 Å². The molecule has 0 spiro atoms. The maximum atomic E-state index is 13.3. The first-order valence-electron chi connectivity index (χ1n) is 14.4. The van der Waals surface area contributed by atoms with Crippen LogP contribution in [0.15, 0.2) is 33.3 Å². The smallest absolute Gasteiger partial charge is 0.223 e. The monoisotopic (exact) mass is 691 g/mol. The molecule has 214 valence electrons. The van der Waals surface area contributed by atoms with Crippen molar-refractivity contribution in [1.82, 2.24) is 14.8 Å². The molecule has 2 aromatic rings. The molecule has 1 aromatic heterocycles. The van der Waals surface area contributed by atoms with Crippen LogP contribution in [-0.4, -0.2) is 58.6 Å². The summed E-state index contributed by atoms with van der Waals surface area (Å²) in [5.74, 6) is 1.19. The van der Waals surface area contributed by atoms with Crippen LogP contribution in [0.4, 0.5) is 0 Å². The van der Waals surface area contributed by atoms with Crippen molar-refractivity contribution in [2.75, 3.05) is 26.2 Å². The van der Waals surface area contributed by atoms with Gasteiger partial charge >= 0.3 is 0 Å². The Morgan fingerprint density at radius 1 is 0.900 bits per heavy atom. The molecule has 5 rings (SSSR count). The number of pyridine rings is 1. The molecule has 1 atom stereocenters. The zero-order chi connectivity index (χ0) is 28.4. The maximum Gasteiger partial charge on any atom is 0.223 e. The van der Waals surface area contributed by atoms with Gasteiger partial charge in [0.05, 0.1) is 5.69 Å². The van der Waals surface area contributed by atoms with Crippen molar-refractivity contribution in [2.24, 2.45) is 11.8 Å². The van der Waals surface area contributed by atoms with Crippen LogP contribution in [0.1, 0.15) is 80.2 Å². The summed E-state index contributed by atoms with van der Waals surface area (Å²) in [4.78, 5) is 45.7. The number of Topliss-reactive ketones (excluding diaryl/α,β-unsaturated/α-hetero) is 1. The highest BCUT2D eigenvalue weighted by Gasteiger charge is 2.37. The molecule has 6 nitrogen and oxygen atoms in total. The second kappa shape index (κ2) is 13.0. The first kappa shape index (κ1) is 29.7. The zero-order valence-electron chi connectivity index (χ0n) is 22.9. The van der Waals surface area contributed by atoms with E-state index in [9.17, 15) is 14.4 Å². The van der Waals surface area contributed by atoms with Crippen molar-refractivity contribution in [2.45, 2.75) is 70.6 Å². The fourth-order valence-corrected chi connectivity index (χ4v) is 8.22. The maximum absolute atomic E-state index is 13.3. The molecule has 2 amide bonds. The number of rotatable bonds is 6. The Bertz CT molecular complexity index is 1290. The predicted octanol–water partition coefficient (Wildman–Crippen LogP) is 6.73. The summed E-state index contributed by atoms with van der Waals surface area (Å²) >= 11 is 13.9. The molecule has 1 unspecified atom stereocenters. The first-order chi connectivity index (χ1) is 19.2. The highest BCUT2D eigenvalue weighted by atomic mass is 79.9. The molecule has 0 bridgehead atoms. The lowest BCUT2D eigenvalue weighted by molar-refractivity contribution is -0.136. The number of likely N-dealkylation sites (tertiary alicyclic amines) is 2. The highest BCUT2D eigenvalue weighted by Crippen LogP contribution is 2.46. The van der Waals surface area contributed by atoms with Gasteiger partial charge in [-0.25, -0.2) is 0 Å². The van der Waals surface area contributed by atoms with E-state index in [0.29, 0.717) is 44.2 Å². The second-order valence-corrected chi connectivity index (χ2v) is 13.8. The van der Waals surface area contributed by atoms with E-state index in [1.54, 1.807) is 0 Å². The van der Waals surface area contributed by atoms with Crippen molar-refractivity contribution in [3.63, 3.8) is 0 Å². The van der Waals surface area contributed by atoms with E-state index in [2.05, 4.69) is 44.0 Å². The summed E-state index contributed by atoms with van der Waals surface area (Å²) in [6.45, 7) is 4.40. The van der Waals surface area contributed by atoms with Gasteiger partial charge in [0, 0.05) is 71.5 Å². The number of amides is 2. The Morgan fingerprint density at radius 2 is 1.55 bits per heavy atom. The number of aryl methyl sites for hydroxylation is 2. The zero-order valence-corrected chi connectivity index (χ0v) is 26.9. The van der Waals surface area contributed by atoms with E-state index in [4.69, 9.17) is 16.6 Å². The summed E-state index contributed by atoms with van der Waals surface area (Å²) in [7, 11) is 0. The van der Waals surface area contributed by atoms with Gasteiger partial charge in [-0.05, 0) is 108 Å². The number of carbonyl (C=O) groups is 3. The minimum Gasteiger partial charge on any atom is -0.343 e. The number of hydrogen-bond acceptors (Lipinski definition) is 4. The Labute approximate surface area is 258 Å². The predicted molar refractivity (Wildman–Crippen MR) is 163 cm³/mol. The number of carbonyl (C=O) groups excluding carboxylic acids is 3. The molecule has 1 aromatic carbocycles. The molecule has 3 aliphatic rings. The van der Waals surface area contributed by atoms with Crippen LogP contribution in [-0.2, 0) is 27.2 Å². The van der Waals surface area contributed by atoms with E-state index < -0.39 is 0 Å². The van der Waals surface area contributed by atoms with Crippen molar-refractivity contribution in [3.8, 4) is 0 Å². The summed E-state index contributed by atoms with van der Waals surface area (Å²) in [6.07, 6.45) is 8.48. The molecule has 0 saturated carbocycles. The Balaban J connectivity index is 1.22. The molecular weight excluding hydrogens is 658 g/mol. The second-order valence-electron chi connectivity index (χ2n) is 11.6. The van der Waals surface area contributed by atoms with Gasteiger partial charge in [0.1, 0.15) is 5.78 Å². The van der Waals surface area contributed by atoms with Crippen LogP contribution in [0.5, 0.6) is 0 Å². The van der Waals surface area contributed by atoms with Gasteiger partial charge in [-0.1, -0.05) is 27.5 Å². The van der Waals surface area contributed by atoms with E-state index in [0.717, 1.165) is 71.3 Å². The van der Waals surface area contributed by atoms with E-state index in [1.165, 1.54) is 23.6 Å². The minimum absolute atomic E-state index is 0.0476. The number of benzene rings is 1. The average Bonchev–Trinajstić information content (AvgIpc) is 3.09. The van der Waals surface area contributed by atoms with E-state index >= 15 is 0 Å². The van der Waals surface area contributed by atoms with Crippen molar-refractivity contribution < 1.29 is 14.4 Å². The number of hydrogen-bond donors (Lipinski definition) is 0. The summed E-state index contributed by atoms with van der Waals surface area (Å²) in [6, 6.07) is 6.31. The third-order valence-corrected chi connectivity index (χ3v) is 10.2. The average molecular weight is 694 g/mol. The molecule has 2 saturated heterocycles. The Hall–Kier alpha value is -1.77. The lowest BCUT2D eigenvalue weighted by Crippen LogP contribution is -2.43. The summed E-state index contributed by atoms with van der Waals surface area (Å²) in [5.41, 5.74) is 5.01. The van der Waals surface area contributed by atoms with Crippen LogP contribution in [0, 0.1) is 11.8 Å².